The monoisotopic (exact) mass is 390 g/mol. The molecule has 23 heavy (non-hydrogen) atoms. The largest absolute Gasteiger partial charge is 0.443 e. The maximum Gasteiger partial charge on any atom is 0.417 e. The molecular formula is C14H19BrN2O6. The van der Waals surface area contributed by atoms with E-state index >= 15 is 0 Å². The normalized spacial score (nSPS) is 18.8. The van der Waals surface area contributed by atoms with Gasteiger partial charge in [-0.2, -0.15) is 0 Å². The summed E-state index contributed by atoms with van der Waals surface area (Å²) >= 11 is 2.80. The van der Waals surface area contributed by atoms with E-state index in [1.165, 1.54) is 0 Å². The van der Waals surface area contributed by atoms with Gasteiger partial charge >= 0.3 is 6.09 Å². The highest BCUT2D eigenvalue weighted by atomic mass is 79.9. The zero-order valence-electron chi connectivity index (χ0n) is 13.3. The van der Waals surface area contributed by atoms with Crippen LogP contribution in [0.25, 0.3) is 0 Å². The molecule has 0 atom stereocenters. The number of amides is 4. The molecule has 4 amide bonds. The Hall–Kier alpha value is -1.77. The van der Waals surface area contributed by atoms with Crippen molar-refractivity contribution in [2.45, 2.75) is 52.1 Å². The van der Waals surface area contributed by atoms with Crippen LogP contribution in [0.4, 0.5) is 4.79 Å². The van der Waals surface area contributed by atoms with Crippen molar-refractivity contribution in [1.29, 1.82) is 0 Å². The van der Waals surface area contributed by atoms with Crippen LogP contribution < -0.4 is 0 Å². The molecule has 9 heteroatoms. The van der Waals surface area contributed by atoms with Crippen LogP contribution in [-0.4, -0.2) is 50.6 Å². The Labute approximate surface area is 142 Å². The fourth-order valence-electron chi connectivity index (χ4n) is 1.77. The number of carbonyl (C=O) groups excluding carboxylic acids is 5. The number of Topliss-reactive ketones (excluding diaryl/α,β-unsaturated/α-hetero) is 1. The first-order chi connectivity index (χ1) is 10.5. The highest BCUT2D eigenvalue weighted by molar-refractivity contribution is 9.08. The maximum absolute atomic E-state index is 11.5. The van der Waals surface area contributed by atoms with E-state index in [0.717, 1.165) is 8.83 Å². The molecule has 0 spiro atoms. The lowest BCUT2D eigenvalue weighted by Crippen LogP contribution is -2.45. The number of ether oxygens (including phenoxy) is 1. The molecule has 2 fully saturated rings. The molecule has 2 aliphatic heterocycles. The van der Waals surface area contributed by atoms with Gasteiger partial charge in [-0.3, -0.25) is 19.2 Å². The Kier molecular flexibility index (Phi) is 6.43. The highest BCUT2D eigenvalue weighted by Gasteiger charge is 2.31. The van der Waals surface area contributed by atoms with Crippen LogP contribution in [0.15, 0.2) is 0 Å². The van der Waals surface area contributed by atoms with Gasteiger partial charge < -0.3 is 4.74 Å². The second-order valence-corrected chi connectivity index (χ2v) is 6.77. The van der Waals surface area contributed by atoms with Gasteiger partial charge in [0.05, 0.1) is 22.6 Å². The summed E-state index contributed by atoms with van der Waals surface area (Å²) < 4.78 is 6.02. The molecule has 2 heterocycles. The predicted octanol–water partition coefficient (Wildman–Crippen LogP) is 1.56. The van der Waals surface area contributed by atoms with Crippen molar-refractivity contribution in [3.63, 3.8) is 0 Å². The van der Waals surface area contributed by atoms with E-state index in [9.17, 15) is 24.0 Å². The van der Waals surface area contributed by atoms with Crippen molar-refractivity contribution in [3.8, 4) is 0 Å². The number of imide groups is 2. The van der Waals surface area contributed by atoms with Crippen LogP contribution in [0, 0.1) is 0 Å². The topological polar surface area (TPSA) is 101 Å². The van der Waals surface area contributed by atoms with Crippen molar-refractivity contribution in [2.24, 2.45) is 0 Å². The van der Waals surface area contributed by atoms with Crippen molar-refractivity contribution in [2.75, 3.05) is 6.54 Å². The van der Waals surface area contributed by atoms with Gasteiger partial charge in [0.1, 0.15) is 11.4 Å². The van der Waals surface area contributed by atoms with E-state index in [1.807, 2.05) is 0 Å². The van der Waals surface area contributed by atoms with E-state index < -0.39 is 17.6 Å². The second-order valence-electron chi connectivity index (χ2n) is 6.06. The van der Waals surface area contributed by atoms with Crippen molar-refractivity contribution in [3.05, 3.63) is 0 Å². The fourth-order valence-corrected chi connectivity index (χ4v) is 2.13. The third-order valence-electron chi connectivity index (χ3n) is 2.87. The Morgan fingerprint density at radius 1 is 1.00 bits per heavy atom. The minimum Gasteiger partial charge on any atom is -0.443 e. The van der Waals surface area contributed by atoms with Crippen molar-refractivity contribution < 1.29 is 28.7 Å². The summed E-state index contributed by atoms with van der Waals surface area (Å²) in [5.41, 5.74) is -0.626. The van der Waals surface area contributed by atoms with Crippen LogP contribution in [0.3, 0.4) is 0 Å². The molecule has 0 aliphatic carbocycles. The van der Waals surface area contributed by atoms with Crippen molar-refractivity contribution in [1.82, 2.24) is 8.83 Å². The number of nitrogens with zero attached hydrogens (tertiary/aromatic N) is 2. The average molecular weight is 391 g/mol. The zero-order valence-corrected chi connectivity index (χ0v) is 14.8. The van der Waals surface area contributed by atoms with Gasteiger partial charge in [0.25, 0.3) is 0 Å². The first-order valence-corrected chi connectivity index (χ1v) is 7.79. The average Bonchev–Trinajstić information content (AvgIpc) is 2.68. The second kappa shape index (κ2) is 7.67. The number of hydrogen-bond donors (Lipinski definition) is 0. The molecule has 0 N–H and O–H groups in total. The van der Waals surface area contributed by atoms with E-state index in [2.05, 4.69) is 16.1 Å². The standard InChI is InChI=1S/C10H15NO4.C4H4BrNO2/c1-10(2,3)15-9(14)11-5-4-7(12)6-8(11)13;5-6-3(7)1-2-4(6)8/h4-6H2,1-3H3;1-2H2. The number of carbonyl (C=O) groups is 5. The first kappa shape index (κ1) is 19.3. The SMILES string of the molecule is CC(C)(C)OC(=O)N1CCC(=O)CC1=O.O=C1CCC(=O)N1Br. The number of hydrogen-bond acceptors (Lipinski definition) is 6. The molecule has 2 rings (SSSR count). The van der Waals surface area contributed by atoms with E-state index in [1.54, 1.807) is 20.8 Å². The lowest BCUT2D eigenvalue weighted by atomic mass is 10.1. The Balaban J connectivity index is 0.000000277. The van der Waals surface area contributed by atoms with Crippen LogP contribution in [0.1, 0.15) is 46.5 Å². The summed E-state index contributed by atoms with van der Waals surface area (Å²) in [6.07, 6.45) is 0.0678. The van der Waals surface area contributed by atoms with Crippen LogP contribution in [0.2, 0.25) is 0 Å². The molecule has 8 nitrogen and oxygen atoms in total. The third kappa shape index (κ3) is 6.09. The Morgan fingerprint density at radius 3 is 1.87 bits per heavy atom. The van der Waals surface area contributed by atoms with Gasteiger partial charge in [0.15, 0.2) is 0 Å². The molecule has 0 saturated carbocycles. The van der Waals surface area contributed by atoms with Gasteiger partial charge in [-0.05, 0) is 20.8 Å². The fraction of sp³-hybridized carbons (Fsp3) is 0.643. The summed E-state index contributed by atoms with van der Waals surface area (Å²) in [7, 11) is 0. The predicted molar refractivity (Wildman–Crippen MR) is 82.2 cm³/mol. The van der Waals surface area contributed by atoms with E-state index in [4.69, 9.17) is 4.74 Å². The quantitative estimate of drug-likeness (QED) is 0.353. The summed E-state index contributed by atoms with van der Waals surface area (Å²) in [6, 6.07) is 0. The molecule has 128 valence electrons. The molecule has 0 aromatic carbocycles. The minimum atomic E-state index is -0.667. The minimum absolute atomic E-state index is 0.125. The third-order valence-corrected chi connectivity index (χ3v) is 3.66. The lowest BCUT2D eigenvalue weighted by Gasteiger charge is -2.27. The van der Waals surface area contributed by atoms with Crippen LogP contribution in [0.5, 0.6) is 0 Å². The lowest BCUT2D eigenvalue weighted by molar-refractivity contribution is -0.138. The van der Waals surface area contributed by atoms with Gasteiger partial charge in [-0.1, -0.05) is 0 Å². The molecule has 2 aliphatic rings. The maximum atomic E-state index is 11.5. The number of likely N-dealkylation sites (tertiary alicyclic amines) is 1. The van der Waals surface area contributed by atoms with E-state index in [-0.39, 0.29) is 37.0 Å². The molecule has 0 aromatic rings. The Bertz CT molecular complexity index is 524. The van der Waals surface area contributed by atoms with Gasteiger partial charge in [0, 0.05) is 25.8 Å². The number of rotatable bonds is 0. The molecule has 0 unspecified atom stereocenters. The molecule has 0 bridgehead atoms. The molecule has 2 saturated heterocycles. The van der Waals surface area contributed by atoms with Crippen LogP contribution >= 0.6 is 16.1 Å². The smallest absolute Gasteiger partial charge is 0.417 e. The van der Waals surface area contributed by atoms with Gasteiger partial charge in [0.2, 0.25) is 17.7 Å². The summed E-state index contributed by atoms with van der Waals surface area (Å²) in [6.45, 7) is 5.31. The Morgan fingerprint density at radius 2 is 1.52 bits per heavy atom. The summed E-state index contributed by atoms with van der Waals surface area (Å²) in [4.78, 5) is 55.6. The first-order valence-electron chi connectivity index (χ1n) is 7.08. The highest BCUT2D eigenvalue weighted by Crippen LogP contribution is 2.15. The van der Waals surface area contributed by atoms with Crippen LogP contribution in [-0.2, 0) is 23.9 Å². The summed E-state index contributed by atoms with van der Waals surface area (Å²) in [5, 5.41) is 0. The number of piperidine rings is 1. The molecule has 0 radical (unpaired) electrons. The van der Waals surface area contributed by atoms with E-state index in [0.29, 0.717) is 12.8 Å². The van der Waals surface area contributed by atoms with Gasteiger partial charge in [-0.15, -0.1) is 0 Å². The number of halogens is 1. The zero-order chi connectivity index (χ0) is 17.8. The number of ketones is 1. The molecular weight excluding hydrogens is 372 g/mol. The summed E-state index contributed by atoms with van der Waals surface area (Å²) in [5.74, 6) is -0.884. The molecule has 0 aromatic heterocycles. The van der Waals surface area contributed by atoms with Crippen molar-refractivity contribution >= 4 is 45.7 Å². The van der Waals surface area contributed by atoms with Gasteiger partial charge in [-0.25, -0.2) is 13.6 Å².